The number of alkyl halides is 3. The van der Waals surface area contributed by atoms with Crippen LogP contribution < -0.4 is 5.73 Å². The summed E-state index contributed by atoms with van der Waals surface area (Å²) < 4.78 is 36.1. The maximum absolute atomic E-state index is 12.0. The summed E-state index contributed by atoms with van der Waals surface area (Å²) in [6.45, 7) is -0.641. The normalized spacial score (nSPS) is 13.7. The molecular weight excluding hydrogens is 213 g/mol. The lowest BCUT2D eigenvalue weighted by molar-refractivity contribution is -0.162. The Morgan fingerprint density at radius 2 is 2.07 bits per heavy atom. The summed E-state index contributed by atoms with van der Waals surface area (Å²) >= 11 is 0. The van der Waals surface area contributed by atoms with Gasteiger partial charge in [-0.1, -0.05) is 6.92 Å². The van der Waals surface area contributed by atoms with Gasteiger partial charge >= 0.3 is 6.18 Å². The minimum atomic E-state index is -4.47. The number of aliphatic hydroxyl groups excluding tert-OH is 1. The van der Waals surface area contributed by atoms with Crippen LogP contribution in [0.1, 0.15) is 13.3 Å². The standard InChI is InChI=1S/C8H15F3N2O2/c1-2-6(12)7(15)13(3-4-14)5-8(9,10)11/h6,14H,2-5,12H2,1H3/t6-/m1/s1. The van der Waals surface area contributed by atoms with Crippen LogP contribution in [0.15, 0.2) is 0 Å². The molecule has 0 saturated heterocycles. The Morgan fingerprint density at radius 3 is 2.40 bits per heavy atom. The Kier molecular flexibility index (Phi) is 5.59. The summed E-state index contributed by atoms with van der Waals surface area (Å²) in [6.07, 6.45) is -4.21. The Bertz CT molecular complexity index is 209. The highest BCUT2D eigenvalue weighted by Crippen LogP contribution is 2.16. The second-order valence-electron chi connectivity index (χ2n) is 3.11. The van der Waals surface area contributed by atoms with Gasteiger partial charge in [-0.2, -0.15) is 13.2 Å². The predicted octanol–water partition coefficient (Wildman–Crippen LogP) is 0.107. The number of hydrogen-bond donors (Lipinski definition) is 2. The zero-order valence-electron chi connectivity index (χ0n) is 8.42. The number of nitrogens with zero attached hydrogens (tertiary/aromatic N) is 1. The molecule has 0 heterocycles. The Morgan fingerprint density at radius 1 is 1.53 bits per heavy atom. The van der Waals surface area contributed by atoms with Crippen LogP contribution in [0.3, 0.4) is 0 Å². The first kappa shape index (κ1) is 14.2. The first-order chi connectivity index (χ1) is 6.81. The second-order valence-corrected chi connectivity index (χ2v) is 3.11. The Balaban J connectivity index is 4.45. The molecule has 1 atom stereocenters. The molecule has 0 rings (SSSR count). The van der Waals surface area contributed by atoms with Crippen molar-refractivity contribution >= 4 is 5.91 Å². The van der Waals surface area contributed by atoms with Crippen LogP contribution in [0.25, 0.3) is 0 Å². The van der Waals surface area contributed by atoms with Crippen molar-refractivity contribution in [3.05, 3.63) is 0 Å². The highest BCUT2D eigenvalue weighted by atomic mass is 19.4. The van der Waals surface area contributed by atoms with Gasteiger partial charge in [-0.25, -0.2) is 0 Å². The van der Waals surface area contributed by atoms with Gasteiger partial charge in [0.2, 0.25) is 5.91 Å². The zero-order chi connectivity index (χ0) is 12.1. The van der Waals surface area contributed by atoms with E-state index in [-0.39, 0.29) is 13.0 Å². The average Bonchev–Trinajstić information content (AvgIpc) is 2.13. The molecule has 0 aliphatic rings. The Labute approximate surface area is 85.8 Å². The van der Waals surface area contributed by atoms with Crippen molar-refractivity contribution in [3.63, 3.8) is 0 Å². The van der Waals surface area contributed by atoms with Crippen molar-refractivity contribution in [2.45, 2.75) is 25.6 Å². The van der Waals surface area contributed by atoms with E-state index in [1.54, 1.807) is 6.92 Å². The molecule has 1 amide bonds. The molecule has 0 unspecified atom stereocenters. The predicted molar refractivity (Wildman–Crippen MR) is 48.0 cm³/mol. The van der Waals surface area contributed by atoms with E-state index in [4.69, 9.17) is 10.8 Å². The van der Waals surface area contributed by atoms with E-state index in [1.807, 2.05) is 0 Å². The number of halogens is 3. The molecule has 0 aromatic heterocycles. The lowest BCUT2D eigenvalue weighted by Gasteiger charge is -2.25. The lowest BCUT2D eigenvalue weighted by Crippen LogP contribution is -2.48. The summed E-state index contributed by atoms with van der Waals surface area (Å²) in [5.41, 5.74) is 5.33. The molecule has 0 saturated carbocycles. The molecular formula is C8H15F3N2O2. The van der Waals surface area contributed by atoms with Crippen LogP contribution in [0.2, 0.25) is 0 Å². The average molecular weight is 228 g/mol. The summed E-state index contributed by atoms with van der Waals surface area (Å²) in [6, 6.07) is -0.945. The SMILES string of the molecule is CC[C@@H](N)C(=O)N(CCO)CC(F)(F)F. The van der Waals surface area contributed by atoms with E-state index in [9.17, 15) is 18.0 Å². The fraction of sp³-hybridized carbons (Fsp3) is 0.875. The maximum Gasteiger partial charge on any atom is 0.406 e. The van der Waals surface area contributed by atoms with Crippen LogP contribution in [0.4, 0.5) is 13.2 Å². The smallest absolute Gasteiger partial charge is 0.395 e. The van der Waals surface area contributed by atoms with Crippen LogP contribution in [0.5, 0.6) is 0 Å². The van der Waals surface area contributed by atoms with Crippen molar-refractivity contribution in [2.75, 3.05) is 19.7 Å². The van der Waals surface area contributed by atoms with Gasteiger partial charge in [0.05, 0.1) is 12.6 Å². The van der Waals surface area contributed by atoms with Crippen molar-refractivity contribution in [3.8, 4) is 0 Å². The van der Waals surface area contributed by atoms with Gasteiger partial charge in [-0.05, 0) is 6.42 Å². The van der Waals surface area contributed by atoms with Crippen molar-refractivity contribution in [1.82, 2.24) is 4.90 Å². The molecule has 0 bridgehead atoms. The molecule has 0 aliphatic heterocycles. The minimum absolute atomic E-state index is 0.263. The van der Waals surface area contributed by atoms with Gasteiger partial charge in [0.15, 0.2) is 0 Å². The molecule has 4 nitrogen and oxygen atoms in total. The van der Waals surface area contributed by atoms with E-state index in [0.717, 1.165) is 0 Å². The monoisotopic (exact) mass is 228 g/mol. The Hall–Kier alpha value is -0.820. The topological polar surface area (TPSA) is 66.6 Å². The van der Waals surface area contributed by atoms with Gasteiger partial charge in [0.1, 0.15) is 6.54 Å². The van der Waals surface area contributed by atoms with E-state index >= 15 is 0 Å². The largest absolute Gasteiger partial charge is 0.406 e. The van der Waals surface area contributed by atoms with Crippen LogP contribution in [-0.4, -0.2) is 47.8 Å². The second kappa shape index (κ2) is 5.92. The summed E-state index contributed by atoms with van der Waals surface area (Å²) in [5, 5.41) is 8.53. The van der Waals surface area contributed by atoms with E-state index in [0.29, 0.717) is 4.90 Å². The van der Waals surface area contributed by atoms with Gasteiger partial charge in [0, 0.05) is 6.54 Å². The third-order valence-electron chi connectivity index (χ3n) is 1.81. The number of amides is 1. The summed E-state index contributed by atoms with van der Waals surface area (Å²) in [4.78, 5) is 11.9. The molecule has 0 spiro atoms. The molecule has 0 aliphatic carbocycles. The zero-order valence-corrected chi connectivity index (χ0v) is 8.42. The number of aliphatic hydroxyl groups is 1. The van der Waals surface area contributed by atoms with E-state index in [1.165, 1.54) is 0 Å². The van der Waals surface area contributed by atoms with Crippen molar-refractivity contribution < 1.29 is 23.1 Å². The molecule has 3 N–H and O–H groups in total. The number of carbonyl (C=O) groups is 1. The number of carbonyl (C=O) groups excluding carboxylic acids is 1. The first-order valence-electron chi connectivity index (χ1n) is 4.53. The highest BCUT2D eigenvalue weighted by molar-refractivity contribution is 5.81. The molecule has 15 heavy (non-hydrogen) atoms. The van der Waals surface area contributed by atoms with Crippen LogP contribution in [-0.2, 0) is 4.79 Å². The van der Waals surface area contributed by atoms with E-state index in [2.05, 4.69) is 0 Å². The minimum Gasteiger partial charge on any atom is -0.395 e. The molecule has 0 fully saturated rings. The maximum atomic E-state index is 12.0. The number of nitrogens with two attached hydrogens (primary N) is 1. The summed E-state index contributed by atoms with van der Waals surface area (Å²) in [5.74, 6) is -0.788. The third-order valence-corrected chi connectivity index (χ3v) is 1.81. The van der Waals surface area contributed by atoms with Gasteiger partial charge in [0.25, 0.3) is 0 Å². The fourth-order valence-electron chi connectivity index (χ4n) is 1.01. The quantitative estimate of drug-likeness (QED) is 0.701. The molecule has 0 radical (unpaired) electrons. The molecule has 0 aromatic carbocycles. The molecule has 7 heteroatoms. The highest BCUT2D eigenvalue weighted by Gasteiger charge is 2.33. The summed E-state index contributed by atoms with van der Waals surface area (Å²) in [7, 11) is 0. The number of rotatable bonds is 5. The van der Waals surface area contributed by atoms with Gasteiger partial charge in [-0.3, -0.25) is 4.79 Å². The van der Waals surface area contributed by atoms with E-state index < -0.39 is 31.3 Å². The van der Waals surface area contributed by atoms with Gasteiger partial charge < -0.3 is 15.7 Å². The van der Waals surface area contributed by atoms with Crippen LogP contribution >= 0.6 is 0 Å². The number of hydrogen-bond acceptors (Lipinski definition) is 3. The van der Waals surface area contributed by atoms with Crippen molar-refractivity contribution in [1.29, 1.82) is 0 Å². The fourth-order valence-corrected chi connectivity index (χ4v) is 1.01. The van der Waals surface area contributed by atoms with Crippen molar-refractivity contribution in [2.24, 2.45) is 5.73 Å². The lowest BCUT2D eigenvalue weighted by atomic mass is 10.2. The molecule has 90 valence electrons. The van der Waals surface area contributed by atoms with Gasteiger partial charge in [-0.15, -0.1) is 0 Å². The van der Waals surface area contributed by atoms with Crippen LogP contribution in [0, 0.1) is 0 Å². The molecule has 0 aromatic rings. The third kappa shape index (κ3) is 5.58. The first-order valence-corrected chi connectivity index (χ1v) is 4.53.